The Morgan fingerprint density at radius 1 is 1.41 bits per heavy atom. The standard InChI is InChI=1S/C18H28N4/c1-15(2)12-20-18(19)21-13-17-9-11-22(14-17)10-8-16-6-4-3-5-7-16/h3-7,17H,1,8-14H2,2H3,(H3,19,20,21). The van der Waals surface area contributed by atoms with Gasteiger partial charge in [-0.25, -0.2) is 4.99 Å². The minimum atomic E-state index is 0.533. The van der Waals surface area contributed by atoms with Crippen molar-refractivity contribution >= 4 is 5.96 Å². The Balaban J connectivity index is 1.65. The van der Waals surface area contributed by atoms with E-state index in [1.165, 1.54) is 18.5 Å². The fourth-order valence-electron chi connectivity index (χ4n) is 2.74. The molecule has 3 N–H and O–H groups in total. The van der Waals surface area contributed by atoms with Crippen molar-refractivity contribution < 1.29 is 0 Å². The Morgan fingerprint density at radius 2 is 2.18 bits per heavy atom. The molecule has 4 heteroatoms. The number of nitrogens with one attached hydrogen (secondary N) is 1. The molecular formula is C18H28N4. The van der Waals surface area contributed by atoms with Gasteiger partial charge in [0.1, 0.15) is 0 Å². The molecule has 1 atom stereocenters. The second kappa shape index (κ2) is 8.59. The van der Waals surface area contributed by atoms with E-state index >= 15 is 0 Å². The van der Waals surface area contributed by atoms with Crippen LogP contribution in [0.4, 0.5) is 0 Å². The minimum absolute atomic E-state index is 0.533. The van der Waals surface area contributed by atoms with E-state index in [-0.39, 0.29) is 0 Å². The number of likely N-dealkylation sites (tertiary alicyclic amines) is 1. The van der Waals surface area contributed by atoms with Crippen LogP contribution in [-0.4, -0.2) is 43.6 Å². The van der Waals surface area contributed by atoms with E-state index in [2.05, 4.69) is 52.1 Å². The molecule has 1 saturated heterocycles. The third kappa shape index (κ3) is 5.90. The number of nitrogens with two attached hydrogens (primary N) is 1. The fourth-order valence-corrected chi connectivity index (χ4v) is 2.74. The molecule has 1 heterocycles. The van der Waals surface area contributed by atoms with Gasteiger partial charge in [-0.3, -0.25) is 0 Å². The van der Waals surface area contributed by atoms with Gasteiger partial charge in [-0.2, -0.15) is 0 Å². The van der Waals surface area contributed by atoms with Gasteiger partial charge in [0.2, 0.25) is 0 Å². The lowest BCUT2D eigenvalue weighted by atomic mass is 10.1. The van der Waals surface area contributed by atoms with Gasteiger partial charge in [-0.15, -0.1) is 0 Å². The first-order valence-corrected chi connectivity index (χ1v) is 8.08. The van der Waals surface area contributed by atoms with Crippen molar-refractivity contribution in [2.75, 3.05) is 32.7 Å². The predicted octanol–water partition coefficient (Wildman–Crippen LogP) is 2.03. The van der Waals surface area contributed by atoms with E-state index in [1.807, 2.05) is 6.92 Å². The molecule has 0 spiro atoms. The Bertz CT molecular complexity index is 495. The number of benzene rings is 1. The summed E-state index contributed by atoms with van der Waals surface area (Å²) in [5.41, 5.74) is 8.30. The zero-order chi connectivity index (χ0) is 15.8. The van der Waals surface area contributed by atoms with Gasteiger partial charge in [0.05, 0.1) is 6.54 Å². The monoisotopic (exact) mass is 300 g/mol. The highest BCUT2D eigenvalue weighted by Gasteiger charge is 2.21. The number of aliphatic imine (C=N–C) groups is 1. The zero-order valence-electron chi connectivity index (χ0n) is 13.6. The molecule has 0 saturated carbocycles. The summed E-state index contributed by atoms with van der Waals surface area (Å²) in [6.45, 7) is 10.8. The lowest BCUT2D eigenvalue weighted by Crippen LogP contribution is -2.36. The normalized spacial score (nSPS) is 19.3. The van der Waals surface area contributed by atoms with Crippen molar-refractivity contribution in [3.63, 3.8) is 0 Å². The molecule has 0 aromatic heterocycles. The first-order chi connectivity index (χ1) is 10.6. The summed E-state index contributed by atoms with van der Waals surface area (Å²) in [6.07, 6.45) is 2.36. The van der Waals surface area contributed by atoms with Crippen LogP contribution in [0.1, 0.15) is 18.9 Å². The molecule has 0 bridgehead atoms. The highest BCUT2D eigenvalue weighted by atomic mass is 15.2. The summed E-state index contributed by atoms with van der Waals surface area (Å²) >= 11 is 0. The van der Waals surface area contributed by atoms with Crippen molar-refractivity contribution in [3.05, 3.63) is 48.0 Å². The molecular weight excluding hydrogens is 272 g/mol. The van der Waals surface area contributed by atoms with Crippen molar-refractivity contribution in [3.8, 4) is 0 Å². The van der Waals surface area contributed by atoms with Crippen molar-refractivity contribution in [2.24, 2.45) is 16.6 Å². The first kappa shape index (κ1) is 16.6. The van der Waals surface area contributed by atoms with Gasteiger partial charge in [-0.05, 0) is 37.8 Å². The largest absolute Gasteiger partial charge is 0.370 e. The maximum atomic E-state index is 5.85. The lowest BCUT2D eigenvalue weighted by Gasteiger charge is -2.16. The fraction of sp³-hybridized carbons (Fsp3) is 0.500. The summed E-state index contributed by atoms with van der Waals surface area (Å²) in [7, 11) is 0. The Morgan fingerprint density at radius 3 is 2.91 bits per heavy atom. The van der Waals surface area contributed by atoms with Crippen LogP contribution >= 0.6 is 0 Å². The van der Waals surface area contributed by atoms with E-state index in [0.29, 0.717) is 18.4 Å². The van der Waals surface area contributed by atoms with Gasteiger partial charge in [0, 0.05) is 19.6 Å². The molecule has 1 aliphatic heterocycles. The molecule has 1 aromatic carbocycles. The summed E-state index contributed by atoms with van der Waals surface area (Å²) in [4.78, 5) is 6.79. The number of hydrogen-bond donors (Lipinski definition) is 2. The molecule has 22 heavy (non-hydrogen) atoms. The molecule has 4 nitrogen and oxygen atoms in total. The maximum Gasteiger partial charge on any atom is 0.188 e. The molecule has 1 fully saturated rings. The van der Waals surface area contributed by atoms with Gasteiger partial charge >= 0.3 is 0 Å². The zero-order valence-corrected chi connectivity index (χ0v) is 13.6. The molecule has 1 aliphatic rings. The van der Waals surface area contributed by atoms with E-state index < -0.39 is 0 Å². The van der Waals surface area contributed by atoms with E-state index in [9.17, 15) is 0 Å². The average Bonchev–Trinajstić information content (AvgIpc) is 2.98. The quantitative estimate of drug-likeness (QED) is 0.460. The first-order valence-electron chi connectivity index (χ1n) is 8.08. The van der Waals surface area contributed by atoms with Crippen molar-refractivity contribution in [1.82, 2.24) is 10.2 Å². The number of rotatable bonds is 7. The smallest absolute Gasteiger partial charge is 0.188 e. The molecule has 0 aliphatic carbocycles. The van der Waals surface area contributed by atoms with Crippen molar-refractivity contribution in [2.45, 2.75) is 19.8 Å². The summed E-state index contributed by atoms with van der Waals surface area (Å²) in [5, 5.41) is 3.23. The van der Waals surface area contributed by atoms with E-state index in [1.54, 1.807) is 0 Å². The number of nitrogens with zero attached hydrogens (tertiary/aromatic N) is 2. The Hall–Kier alpha value is -1.81. The Kier molecular flexibility index (Phi) is 6.46. The van der Waals surface area contributed by atoms with Crippen LogP contribution in [0.25, 0.3) is 0 Å². The van der Waals surface area contributed by atoms with E-state index in [4.69, 9.17) is 5.73 Å². The van der Waals surface area contributed by atoms with Gasteiger partial charge < -0.3 is 16.0 Å². The molecule has 1 unspecified atom stereocenters. The molecule has 0 amide bonds. The van der Waals surface area contributed by atoms with Gasteiger partial charge in [-0.1, -0.05) is 42.5 Å². The Labute approximate surface area is 134 Å². The lowest BCUT2D eigenvalue weighted by molar-refractivity contribution is 0.328. The van der Waals surface area contributed by atoms with Crippen LogP contribution in [0.5, 0.6) is 0 Å². The molecule has 0 radical (unpaired) electrons. The van der Waals surface area contributed by atoms with Crippen LogP contribution in [0.3, 0.4) is 0 Å². The van der Waals surface area contributed by atoms with Crippen LogP contribution in [-0.2, 0) is 6.42 Å². The topological polar surface area (TPSA) is 53.6 Å². The third-order valence-electron chi connectivity index (χ3n) is 4.02. The maximum absolute atomic E-state index is 5.85. The second-order valence-corrected chi connectivity index (χ2v) is 6.23. The second-order valence-electron chi connectivity index (χ2n) is 6.23. The van der Waals surface area contributed by atoms with Crippen LogP contribution in [0.15, 0.2) is 47.5 Å². The summed E-state index contributed by atoms with van der Waals surface area (Å²) < 4.78 is 0. The van der Waals surface area contributed by atoms with Crippen molar-refractivity contribution in [1.29, 1.82) is 0 Å². The molecule has 120 valence electrons. The molecule has 1 aromatic rings. The number of hydrogen-bond acceptors (Lipinski definition) is 2. The SMILES string of the molecule is C=C(C)CN=C(N)NCC1CCN(CCc2ccccc2)C1. The van der Waals surface area contributed by atoms with Gasteiger partial charge in [0.25, 0.3) is 0 Å². The summed E-state index contributed by atoms with van der Waals surface area (Å²) in [6, 6.07) is 10.7. The molecule has 2 rings (SSSR count). The number of guanidine groups is 1. The predicted molar refractivity (Wildman–Crippen MR) is 94.0 cm³/mol. The highest BCUT2D eigenvalue weighted by Crippen LogP contribution is 2.15. The summed E-state index contributed by atoms with van der Waals surface area (Å²) in [5.74, 6) is 1.19. The van der Waals surface area contributed by atoms with Crippen LogP contribution in [0.2, 0.25) is 0 Å². The third-order valence-corrected chi connectivity index (χ3v) is 4.02. The van der Waals surface area contributed by atoms with E-state index in [0.717, 1.165) is 31.6 Å². The minimum Gasteiger partial charge on any atom is -0.370 e. The van der Waals surface area contributed by atoms with Crippen LogP contribution in [0, 0.1) is 5.92 Å². The van der Waals surface area contributed by atoms with Crippen LogP contribution < -0.4 is 11.1 Å². The van der Waals surface area contributed by atoms with Gasteiger partial charge in [0.15, 0.2) is 5.96 Å². The average molecular weight is 300 g/mol. The highest BCUT2D eigenvalue weighted by molar-refractivity contribution is 5.77.